The number of aryl methyl sites for hydroxylation is 1. The van der Waals surface area contributed by atoms with Crippen molar-refractivity contribution >= 4 is 24.1 Å². The molecule has 6 nitrogen and oxygen atoms in total. The number of aromatic amines is 1. The number of nitrogens with one attached hydrogen (secondary N) is 2. The Morgan fingerprint density at radius 1 is 1.12 bits per heavy atom. The lowest BCUT2D eigenvalue weighted by molar-refractivity contribution is 0.0767. The number of hydrogen-bond acceptors (Lipinski definition) is 4. The van der Waals surface area contributed by atoms with E-state index in [4.69, 9.17) is 0 Å². The molecule has 2 aliphatic heterocycles. The molecule has 2 aliphatic rings. The molecule has 1 aromatic rings. The number of hydrogen-bond donors (Lipinski definition) is 2. The van der Waals surface area contributed by atoms with Gasteiger partial charge in [-0.05, 0) is 32.8 Å². The molecule has 0 saturated carbocycles. The van der Waals surface area contributed by atoms with E-state index in [0.29, 0.717) is 17.3 Å². The monoisotopic (exact) mass is 354 g/mol. The number of aromatic nitrogens is 1. The van der Waals surface area contributed by atoms with Gasteiger partial charge < -0.3 is 15.2 Å². The Hall–Kier alpha value is -1.37. The Morgan fingerprint density at radius 3 is 2.38 bits per heavy atom. The number of amides is 1. The minimum Gasteiger partial charge on any atom is -0.354 e. The van der Waals surface area contributed by atoms with E-state index in [1.807, 2.05) is 18.7 Å². The van der Waals surface area contributed by atoms with Crippen molar-refractivity contribution in [2.45, 2.75) is 33.2 Å². The number of Topliss-reactive ketones (excluding diaryl/α,β-unsaturated/α-hetero) is 1. The van der Waals surface area contributed by atoms with Crippen LogP contribution in [0.4, 0.5) is 0 Å². The fourth-order valence-corrected chi connectivity index (χ4v) is 3.92. The zero-order valence-corrected chi connectivity index (χ0v) is 15.5. The van der Waals surface area contributed by atoms with Crippen LogP contribution in [0.15, 0.2) is 0 Å². The molecule has 0 radical (unpaired) electrons. The van der Waals surface area contributed by atoms with Gasteiger partial charge in [-0.3, -0.25) is 14.5 Å². The maximum atomic E-state index is 12.8. The van der Waals surface area contributed by atoms with Gasteiger partial charge in [0.2, 0.25) is 0 Å². The highest BCUT2D eigenvalue weighted by Crippen LogP contribution is 2.23. The predicted molar refractivity (Wildman–Crippen MR) is 96.3 cm³/mol. The van der Waals surface area contributed by atoms with Crippen LogP contribution in [0.1, 0.15) is 45.4 Å². The van der Waals surface area contributed by atoms with Gasteiger partial charge in [-0.25, -0.2) is 0 Å². The summed E-state index contributed by atoms with van der Waals surface area (Å²) >= 11 is 0. The van der Waals surface area contributed by atoms with Crippen molar-refractivity contribution < 1.29 is 9.59 Å². The molecule has 0 aromatic carbocycles. The Labute approximate surface area is 149 Å². The number of ketones is 1. The van der Waals surface area contributed by atoms with Gasteiger partial charge in [0.25, 0.3) is 5.91 Å². The van der Waals surface area contributed by atoms with E-state index in [2.05, 4.69) is 15.2 Å². The third kappa shape index (κ3) is 3.50. The summed E-state index contributed by atoms with van der Waals surface area (Å²) in [6.07, 6.45) is 1.03. The summed E-state index contributed by atoms with van der Waals surface area (Å²) in [7, 11) is 0. The lowest BCUT2D eigenvalue weighted by Gasteiger charge is -2.32. The summed E-state index contributed by atoms with van der Waals surface area (Å²) in [5, 5.41) is 3.37. The van der Waals surface area contributed by atoms with Gasteiger partial charge in [0, 0.05) is 56.6 Å². The van der Waals surface area contributed by atoms with Crippen LogP contribution in [0.3, 0.4) is 0 Å². The van der Waals surface area contributed by atoms with E-state index < -0.39 is 0 Å². The molecule has 2 N–H and O–H groups in total. The molecule has 0 bridgehead atoms. The Balaban J connectivity index is 0.00000208. The molecule has 7 heteroatoms. The van der Waals surface area contributed by atoms with Crippen molar-refractivity contribution in [1.82, 2.24) is 20.1 Å². The third-order valence-electron chi connectivity index (χ3n) is 5.12. The summed E-state index contributed by atoms with van der Waals surface area (Å²) in [4.78, 5) is 32.1. The van der Waals surface area contributed by atoms with Crippen molar-refractivity contribution in [1.29, 1.82) is 0 Å². The van der Waals surface area contributed by atoms with E-state index in [9.17, 15) is 9.59 Å². The van der Waals surface area contributed by atoms with Crippen LogP contribution in [0.5, 0.6) is 0 Å². The molecular weight excluding hydrogens is 328 g/mol. The lowest BCUT2D eigenvalue weighted by Crippen LogP contribution is -2.49. The van der Waals surface area contributed by atoms with Gasteiger partial charge in [0.15, 0.2) is 5.78 Å². The number of H-pyrrole nitrogens is 1. The topological polar surface area (TPSA) is 68.4 Å². The molecule has 1 amide bonds. The highest BCUT2D eigenvalue weighted by atomic mass is 35.5. The van der Waals surface area contributed by atoms with Crippen LogP contribution >= 0.6 is 12.4 Å². The second kappa shape index (κ2) is 7.68. The highest BCUT2D eigenvalue weighted by molar-refractivity contribution is 6.02. The largest absolute Gasteiger partial charge is 0.354 e. The molecular formula is C17H27ClN4O2. The molecule has 0 spiro atoms. The van der Waals surface area contributed by atoms with E-state index in [-0.39, 0.29) is 24.1 Å². The molecule has 3 rings (SSSR count). The maximum Gasteiger partial charge on any atom is 0.270 e. The first-order chi connectivity index (χ1) is 11.0. The standard InChI is InChI=1S/C17H26N4O2.ClH/c1-11-15(13(3)22)12(2)19-16(11)17(23)21-7-4-14(10-21)20-8-5-18-6-9-20;/h14,18-19H,4-10H2,1-3H3;1H. The third-order valence-corrected chi connectivity index (χ3v) is 5.12. The SMILES string of the molecule is CC(=O)c1c(C)[nH]c(C(=O)N2CCC(N3CCNCC3)C2)c1C.Cl. The van der Waals surface area contributed by atoms with E-state index in [1.54, 1.807) is 6.92 Å². The van der Waals surface area contributed by atoms with Gasteiger partial charge in [-0.1, -0.05) is 0 Å². The average Bonchev–Trinajstić information content (AvgIpc) is 3.12. The maximum absolute atomic E-state index is 12.8. The van der Waals surface area contributed by atoms with E-state index in [0.717, 1.165) is 56.9 Å². The normalized spacial score (nSPS) is 21.6. The molecule has 1 unspecified atom stereocenters. The number of piperazine rings is 1. The Morgan fingerprint density at radius 2 is 1.79 bits per heavy atom. The summed E-state index contributed by atoms with van der Waals surface area (Å²) in [5.74, 6) is 0.0335. The molecule has 2 saturated heterocycles. The van der Waals surface area contributed by atoms with Gasteiger partial charge in [0.05, 0.1) is 0 Å². The smallest absolute Gasteiger partial charge is 0.270 e. The van der Waals surface area contributed by atoms with Crippen LogP contribution in [0.25, 0.3) is 0 Å². The zero-order valence-electron chi connectivity index (χ0n) is 14.6. The fourth-order valence-electron chi connectivity index (χ4n) is 3.92. The first-order valence-electron chi connectivity index (χ1n) is 8.43. The summed E-state index contributed by atoms with van der Waals surface area (Å²) in [5.41, 5.74) is 2.81. The van der Waals surface area contributed by atoms with Gasteiger partial charge in [-0.2, -0.15) is 0 Å². The average molecular weight is 355 g/mol. The molecule has 134 valence electrons. The molecule has 3 heterocycles. The second-order valence-electron chi connectivity index (χ2n) is 6.66. The number of halogens is 1. The lowest BCUT2D eigenvalue weighted by atomic mass is 10.1. The quantitative estimate of drug-likeness (QED) is 0.805. The highest BCUT2D eigenvalue weighted by Gasteiger charge is 2.33. The van der Waals surface area contributed by atoms with Crippen molar-refractivity contribution in [2.24, 2.45) is 0 Å². The molecule has 2 fully saturated rings. The van der Waals surface area contributed by atoms with Gasteiger partial charge >= 0.3 is 0 Å². The second-order valence-corrected chi connectivity index (χ2v) is 6.66. The minimum atomic E-state index is 0. The zero-order chi connectivity index (χ0) is 16.6. The van der Waals surface area contributed by atoms with Gasteiger partial charge in [0.1, 0.15) is 5.69 Å². The van der Waals surface area contributed by atoms with Gasteiger partial charge in [-0.15, -0.1) is 12.4 Å². The van der Waals surface area contributed by atoms with Crippen LogP contribution in [-0.4, -0.2) is 71.8 Å². The number of carbonyl (C=O) groups is 2. The summed E-state index contributed by atoms with van der Waals surface area (Å²) in [6.45, 7) is 11.0. The molecule has 24 heavy (non-hydrogen) atoms. The Kier molecular flexibility index (Phi) is 6.06. The van der Waals surface area contributed by atoms with Crippen molar-refractivity contribution in [3.8, 4) is 0 Å². The van der Waals surface area contributed by atoms with Crippen molar-refractivity contribution in [2.75, 3.05) is 39.3 Å². The fraction of sp³-hybridized carbons (Fsp3) is 0.647. The molecule has 1 atom stereocenters. The Bertz CT molecular complexity index is 622. The van der Waals surface area contributed by atoms with Crippen LogP contribution in [-0.2, 0) is 0 Å². The number of rotatable bonds is 3. The first-order valence-corrected chi connectivity index (χ1v) is 8.43. The van der Waals surface area contributed by atoms with E-state index in [1.165, 1.54) is 0 Å². The van der Waals surface area contributed by atoms with Crippen molar-refractivity contribution in [3.63, 3.8) is 0 Å². The predicted octanol–water partition coefficient (Wildman–Crippen LogP) is 1.38. The number of carbonyl (C=O) groups excluding carboxylic acids is 2. The summed E-state index contributed by atoms with van der Waals surface area (Å²) in [6, 6.07) is 0.463. The van der Waals surface area contributed by atoms with Crippen LogP contribution in [0, 0.1) is 13.8 Å². The minimum absolute atomic E-state index is 0. The molecule has 0 aliphatic carbocycles. The number of likely N-dealkylation sites (tertiary alicyclic amines) is 1. The number of nitrogens with zero attached hydrogens (tertiary/aromatic N) is 2. The van der Waals surface area contributed by atoms with Crippen LogP contribution < -0.4 is 5.32 Å². The van der Waals surface area contributed by atoms with E-state index >= 15 is 0 Å². The molecule has 1 aromatic heterocycles. The first kappa shape index (κ1) is 19.0. The van der Waals surface area contributed by atoms with Crippen LogP contribution in [0.2, 0.25) is 0 Å². The summed E-state index contributed by atoms with van der Waals surface area (Å²) < 4.78 is 0. The van der Waals surface area contributed by atoms with Crippen molar-refractivity contribution in [3.05, 3.63) is 22.5 Å².